The van der Waals surface area contributed by atoms with Gasteiger partial charge in [0.2, 0.25) is 0 Å². The van der Waals surface area contributed by atoms with Crippen molar-refractivity contribution in [1.29, 1.82) is 0 Å². The summed E-state index contributed by atoms with van der Waals surface area (Å²) in [6, 6.07) is -0.587. The monoisotopic (exact) mass is 422 g/mol. The Morgan fingerprint density at radius 3 is 2.56 bits per heavy atom. The van der Waals surface area contributed by atoms with E-state index in [4.69, 9.17) is 16.7 Å². The van der Waals surface area contributed by atoms with Crippen LogP contribution in [-0.2, 0) is 17.3 Å². The maximum Gasteiger partial charge on any atom is 0.277 e. The predicted octanol–water partition coefficient (Wildman–Crippen LogP) is 1.75. The number of fused-ring (bicyclic) bond motifs is 1. The zero-order valence-corrected chi connectivity index (χ0v) is 16.5. The van der Waals surface area contributed by atoms with Crippen LogP contribution in [0.4, 0.5) is 14.6 Å². The van der Waals surface area contributed by atoms with Gasteiger partial charge in [0.05, 0.1) is 11.6 Å². The lowest BCUT2D eigenvalue weighted by Gasteiger charge is -2.38. The van der Waals surface area contributed by atoms with Crippen LogP contribution in [0.2, 0.25) is 5.02 Å². The van der Waals surface area contributed by atoms with Gasteiger partial charge in [-0.15, -0.1) is 0 Å². The van der Waals surface area contributed by atoms with Gasteiger partial charge in [0.15, 0.2) is 5.82 Å². The molecule has 0 aromatic carbocycles. The Labute approximate surface area is 161 Å². The number of aromatic nitrogens is 3. The topological polar surface area (TPSA) is 97.3 Å². The Morgan fingerprint density at radius 1 is 1.37 bits per heavy atom. The Kier molecular flexibility index (Phi) is 5.32. The molecule has 0 unspecified atom stereocenters. The SMILES string of the molecule is Cn1cc(Cl)c2ncnc(N3CCC(N(CC(C)(F)F)S(N)(=O)=O)CC3)c21. The molecular weight excluding hydrogens is 402 g/mol. The standard InChI is InChI=1S/C15H21ClF2N6O2S/c1-15(17,18)8-24(27(19,25)26)10-3-5-23(6-4-10)14-13-12(20-9-21-14)11(16)7-22(13)2/h7,9-10H,3-6,8H2,1-2H3,(H2,19,25,26). The number of anilines is 1. The lowest BCUT2D eigenvalue weighted by atomic mass is 10.0. The maximum absolute atomic E-state index is 13.4. The quantitative estimate of drug-likeness (QED) is 0.791. The molecule has 1 saturated heterocycles. The summed E-state index contributed by atoms with van der Waals surface area (Å²) in [4.78, 5) is 10.5. The Morgan fingerprint density at radius 2 is 2.00 bits per heavy atom. The van der Waals surface area contributed by atoms with E-state index in [1.807, 2.05) is 16.5 Å². The third-order valence-electron chi connectivity index (χ3n) is 4.62. The molecule has 2 N–H and O–H groups in total. The second kappa shape index (κ2) is 7.12. The maximum atomic E-state index is 13.4. The first-order valence-electron chi connectivity index (χ1n) is 8.35. The van der Waals surface area contributed by atoms with E-state index in [1.165, 1.54) is 6.33 Å². The summed E-state index contributed by atoms with van der Waals surface area (Å²) in [5, 5.41) is 5.68. The fourth-order valence-electron chi connectivity index (χ4n) is 3.46. The van der Waals surface area contributed by atoms with Gasteiger partial charge < -0.3 is 9.47 Å². The van der Waals surface area contributed by atoms with E-state index in [9.17, 15) is 17.2 Å². The molecule has 1 fully saturated rings. The van der Waals surface area contributed by atoms with E-state index in [1.54, 1.807) is 6.20 Å². The minimum Gasteiger partial charge on any atom is -0.355 e. The minimum atomic E-state index is -4.23. The fourth-order valence-corrected chi connectivity index (χ4v) is 4.78. The highest BCUT2D eigenvalue weighted by atomic mass is 35.5. The highest BCUT2D eigenvalue weighted by molar-refractivity contribution is 7.86. The molecule has 3 heterocycles. The number of hydrogen-bond donors (Lipinski definition) is 1. The molecule has 2 aromatic heterocycles. The summed E-state index contributed by atoms with van der Waals surface area (Å²) >= 11 is 6.18. The first kappa shape index (κ1) is 20.2. The number of alkyl halides is 2. The van der Waals surface area contributed by atoms with E-state index in [0.29, 0.717) is 53.5 Å². The van der Waals surface area contributed by atoms with Crippen LogP contribution < -0.4 is 10.0 Å². The van der Waals surface area contributed by atoms with Crippen molar-refractivity contribution in [2.24, 2.45) is 12.2 Å². The molecule has 3 rings (SSSR count). The smallest absolute Gasteiger partial charge is 0.277 e. The van der Waals surface area contributed by atoms with E-state index in [0.717, 1.165) is 5.52 Å². The largest absolute Gasteiger partial charge is 0.355 e. The van der Waals surface area contributed by atoms with E-state index in [2.05, 4.69) is 9.97 Å². The van der Waals surface area contributed by atoms with E-state index < -0.39 is 28.7 Å². The molecule has 0 atom stereocenters. The molecule has 1 aliphatic heterocycles. The highest BCUT2D eigenvalue weighted by Gasteiger charge is 2.37. The van der Waals surface area contributed by atoms with Crippen LogP contribution in [0.1, 0.15) is 19.8 Å². The molecule has 0 radical (unpaired) electrons. The summed E-state index contributed by atoms with van der Waals surface area (Å²) in [5.41, 5.74) is 1.40. The van der Waals surface area contributed by atoms with Crippen LogP contribution in [0.25, 0.3) is 11.0 Å². The number of hydrogen-bond acceptors (Lipinski definition) is 5. The molecule has 8 nitrogen and oxygen atoms in total. The number of nitrogens with two attached hydrogens (primary N) is 1. The molecule has 0 amide bonds. The number of piperidine rings is 1. The van der Waals surface area contributed by atoms with Crippen molar-refractivity contribution >= 4 is 38.7 Å². The minimum absolute atomic E-state index is 0.357. The molecule has 150 valence electrons. The van der Waals surface area contributed by atoms with Crippen LogP contribution >= 0.6 is 11.6 Å². The van der Waals surface area contributed by atoms with Crippen molar-refractivity contribution in [1.82, 2.24) is 18.8 Å². The molecule has 0 bridgehead atoms. The normalized spacial score (nSPS) is 17.2. The molecule has 2 aromatic rings. The van der Waals surface area contributed by atoms with Gasteiger partial charge in [0, 0.05) is 39.3 Å². The van der Waals surface area contributed by atoms with E-state index >= 15 is 0 Å². The zero-order valence-electron chi connectivity index (χ0n) is 14.9. The Bertz CT molecular complexity index is 938. The second-order valence-corrected chi connectivity index (χ2v) is 8.77. The van der Waals surface area contributed by atoms with Crippen molar-refractivity contribution in [2.45, 2.75) is 31.7 Å². The average molecular weight is 423 g/mol. The lowest BCUT2D eigenvalue weighted by molar-refractivity contribution is -0.00443. The van der Waals surface area contributed by atoms with E-state index in [-0.39, 0.29) is 0 Å². The van der Waals surface area contributed by atoms with Crippen LogP contribution in [0, 0.1) is 0 Å². The van der Waals surface area contributed by atoms with Gasteiger partial charge in [0.25, 0.3) is 16.1 Å². The number of halogens is 3. The number of aryl methyl sites for hydroxylation is 1. The third kappa shape index (κ3) is 4.31. The summed E-state index contributed by atoms with van der Waals surface area (Å²) in [6.07, 6.45) is 3.87. The summed E-state index contributed by atoms with van der Waals surface area (Å²) in [7, 11) is -2.40. The fraction of sp³-hybridized carbons (Fsp3) is 0.600. The van der Waals surface area contributed by atoms with Gasteiger partial charge in [0.1, 0.15) is 17.4 Å². The molecule has 27 heavy (non-hydrogen) atoms. The van der Waals surface area contributed by atoms with Crippen molar-refractivity contribution in [3.63, 3.8) is 0 Å². The van der Waals surface area contributed by atoms with Gasteiger partial charge in [-0.2, -0.15) is 12.7 Å². The van der Waals surface area contributed by atoms with Crippen molar-refractivity contribution < 1.29 is 17.2 Å². The number of nitrogens with zero attached hydrogens (tertiary/aromatic N) is 5. The van der Waals surface area contributed by atoms with Gasteiger partial charge in [-0.05, 0) is 12.8 Å². The van der Waals surface area contributed by atoms with Gasteiger partial charge in [-0.1, -0.05) is 11.6 Å². The van der Waals surface area contributed by atoms with Crippen LogP contribution in [0.5, 0.6) is 0 Å². The lowest BCUT2D eigenvalue weighted by Crippen LogP contribution is -2.52. The first-order valence-corrected chi connectivity index (χ1v) is 10.2. The molecule has 0 aliphatic carbocycles. The Hall–Kier alpha value is -1.56. The summed E-state index contributed by atoms with van der Waals surface area (Å²) in [5.74, 6) is -2.49. The zero-order chi connectivity index (χ0) is 20.0. The predicted molar refractivity (Wildman–Crippen MR) is 99.2 cm³/mol. The van der Waals surface area contributed by atoms with Crippen molar-refractivity contribution in [2.75, 3.05) is 24.5 Å². The average Bonchev–Trinajstić information content (AvgIpc) is 2.86. The summed E-state index contributed by atoms with van der Waals surface area (Å²) in [6.45, 7) is 0.639. The van der Waals surface area contributed by atoms with Crippen molar-refractivity contribution in [3.8, 4) is 0 Å². The molecule has 12 heteroatoms. The van der Waals surface area contributed by atoms with Gasteiger partial charge >= 0.3 is 0 Å². The van der Waals surface area contributed by atoms with Crippen LogP contribution in [0.3, 0.4) is 0 Å². The third-order valence-corrected chi connectivity index (χ3v) is 5.98. The van der Waals surface area contributed by atoms with Gasteiger partial charge in [-0.3, -0.25) is 0 Å². The first-order chi connectivity index (χ1) is 12.5. The second-order valence-electron chi connectivity index (χ2n) is 6.86. The van der Waals surface area contributed by atoms with Crippen LogP contribution in [0.15, 0.2) is 12.5 Å². The highest BCUT2D eigenvalue weighted by Crippen LogP contribution is 2.32. The molecule has 0 spiro atoms. The van der Waals surface area contributed by atoms with Gasteiger partial charge in [-0.25, -0.2) is 23.9 Å². The Balaban J connectivity index is 1.81. The summed E-state index contributed by atoms with van der Waals surface area (Å²) < 4.78 is 53.0. The molecule has 1 aliphatic rings. The molecular formula is C15H21ClF2N6O2S. The van der Waals surface area contributed by atoms with Crippen molar-refractivity contribution in [3.05, 3.63) is 17.5 Å². The van der Waals surface area contributed by atoms with Crippen LogP contribution in [-0.4, -0.2) is 58.9 Å². The number of rotatable bonds is 5. The molecule has 0 saturated carbocycles.